The summed E-state index contributed by atoms with van der Waals surface area (Å²) in [7, 11) is 0. The van der Waals surface area contributed by atoms with Crippen molar-refractivity contribution in [1.82, 2.24) is 0 Å². The number of carbonyl (C=O) groups is 1. The maximum atomic E-state index is 9.82. The molecule has 3 nitrogen and oxygen atoms in total. The molecule has 7 heavy (non-hydrogen) atoms. The zero-order valence-electron chi connectivity index (χ0n) is 3.92. The van der Waals surface area contributed by atoms with Crippen molar-refractivity contribution in [3.8, 4) is 0 Å². The van der Waals surface area contributed by atoms with Gasteiger partial charge in [0.15, 0.2) is 0 Å². The number of hydrogen-bond donors (Lipinski definition) is 1. The zero-order valence-corrected chi connectivity index (χ0v) is 3.92. The molecule has 0 radical (unpaired) electrons. The molecule has 0 spiro atoms. The summed E-state index contributed by atoms with van der Waals surface area (Å²) in [5, 5.41) is 7.86. The molecule has 0 aromatic carbocycles. The second-order valence-electron chi connectivity index (χ2n) is 0.895. The average molecular weight is 102 g/mol. The van der Waals surface area contributed by atoms with Gasteiger partial charge in [0.05, 0.1) is 0 Å². The van der Waals surface area contributed by atoms with E-state index in [1.165, 1.54) is 6.92 Å². The number of rotatable bonds is 1. The van der Waals surface area contributed by atoms with E-state index in [0.717, 1.165) is 6.26 Å². The molecule has 0 aromatic heterocycles. The maximum Gasteiger partial charge on any atom is 0.307 e. The van der Waals surface area contributed by atoms with E-state index in [9.17, 15) is 4.79 Å². The lowest BCUT2D eigenvalue weighted by Crippen LogP contribution is -1.88. The Morgan fingerprint density at radius 3 is 2.57 bits per heavy atom. The molecule has 0 saturated heterocycles. The summed E-state index contributed by atoms with van der Waals surface area (Å²) >= 11 is 0. The molecule has 0 heterocycles. The molecule has 0 aliphatic heterocycles. The van der Waals surface area contributed by atoms with Crippen molar-refractivity contribution in [1.29, 1.82) is 0 Å². The Kier molecular flexibility index (Phi) is 2.76. The summed E-state index contributed by atoms with van der Waals surface area (Å²) in [6.45, 7) is 1.25. The highest BCUT2D eigenvalue weighted by Crippen LogP contribution is 1.73. The van der Waals surface area contributed by atoms with E-state index >= 15 is 0 Å². The third kappa shape index (κ3) is 5.01. The number of hydrogen-bond acceptors (Lipinski definition) is 3. The van der Waals surface area contributed by atoms with Crippen LogP contribution in [0.2, 0.25) is 0 Å². The fourth-order valence-corrected chi connectivity index (χ4v) is 0.126. The molecule has 0 atom stereocenters. The number of esters is 1. The summed E-state index contributed by atoms with van der Waals surface area (Å²) < 4.78 is 4.12. The Hall–Kier alpha value is -0.990. The van der Waals surface area contributed by atoms with E-state index in [1.54, 1.807) is 0 Å². The summed E-state index contributed by atoms with van der Waals surface area (Å²) in [5.41, 5.74) is 0. The van der Waals surface area contributed by atoms with Crippen LogP contribution in [0.25, 0.3) is 0 Å². The van der Waals surface area contributed by atoms with E-state index < -0.39 is 5.97 Å². The third-order valence-corrected chi connectivity index (χ3v) is 0.295. The molecule has 0 saturated carbocycles. The standard InChI is InChI=1S/C4H6O3/c1-4(6)7-3-2-5/h2-3,5H,1H3/b3-2+. The number of ether oxygens (including phenoxy) is 1. The fraction of sp³-hybridized carbons (Fsp3) is 0.250. The Morgan fingerprint density at radius 2 is 2.43 bits per heavy atom. The van der Waals surface area contributed by atoms with Crippen molar-refractivity contribution < 1.29 is 14.6 Å². The number of aliphatic hydroxyl groups excluding tert-OH is 1. The van der Waals surface area contributed by atoms with Gasteiger partial charge in [0.1, 0.15) is 12.5 Å². The minimum absolute atomic E-state index is 0.440. The van der Waals surface area contributed by atoms with E-state index in [1.807, 2.05) is 0 Å². The van der Waals surface area contributed by atoms with Gasteiger partial charge in [-0.15, -0.1) is 0 Å². The first-order valence-corrected chi connectivity index (χ1v) is 1.74. The molecular formula is C4H6O3. The van der Waals surface area contributed by atoms with Crippen molar-refractivity contribution in [3.63, 3.8) is 0 Å². The largest absolute Gasteiger partial charge is 0.512 e. The highest BCUT2D eigenvalue weighted by atomic mass is 16.5. The van der Waals surface area contributed by atoms with Gasteiger partial charge in [-0.3, -0.25) is 4.79 Å². The molecule has 0 aromatic rings. The van der Waals surface area contributed by atoms with Gasteiger partial charge in [0.25, 0.3) is 0 Å². The lowest BCUT2D eigenvalue weighted by molar-refractivity contribution is -0.135. The first-order valence-electron chi connectivity index (χ1n) is 1.74. The Labute approximate surface area is 41.2 Å². The van der Waals surface area contributed by atoms with Crippen LogP contribution in [-0.4, -0.2) is 11.1 Å². The lowest BCUT2D eigenvalue weighted by atomic mass is 10.8. The molecule has 0 bridgehead atoms. The van der Waals surface area contributed by atoms with Crippen molar-refractivity contribution in [2.45, 2.75) is 6.92 Å². The van der Waals surface area contributed by atoms with Crippen LogP contribution in [0.15, 0.2) is 12.5 Å². The predicted molar refractivity (Wildman–Crippen MR) is 23.5 cm³/mol. The van der Waals surface area contributed by atoms with Crippen LogP contribution in [0.5, 0.6) is 0 Å². The molecule has 40 valence electrons. The SMILES string of the molecule is CC(=O)O/C=C/O. The Morgan fingerprint density at radius 1 is 1.86 bits per heavy atom. The molecule has 1 N–H and O–H groups in total. The highest BCUT2D eigenvalue weighted by Gasteiger charge is 1.81. The quantitative estimate of drug-likeness (QED) is 0.389. The highest BCUT2D eigenvalue weighted by molar-refractivity contribution is 5.66. The third-order valence-electron chi connectivity index (χ3n) is 0.295. The van der Waals surface area contributed by atoms with Crippen LogP contribution in [0.3, 0.4) is 0 Å². The summed E-state index contributed by atoms with van der Waals surface area (Å²) in [4.78, 5) is 9.82. The number of aliphatic hydroxyl groups is 1. The van der Waals surface area contributed by atoms with Gasteiger partial charge in [-0.2, -0.15) is 0 Å². The lowest BCUT2D eigenvalue weighted by Gasteiger charge is -1.84. The van der Waals surface area contributed by atoms with Crippen LogP contribution in [0.4, 0.5) is 0 Å². The number of carbonyl (C=O) groups excluding carboxylic acids is 1. The van der Waals surface area contributed by atoms with E-state index in [4.69, 9.17) is 5.11 Å². The predicted octanol–water partition coefficient (Wildman–Crippen LogP) is 0.579. The first kappa shape index (κ1) is 6.01. The van der Waals surface area contributed by atoms with Crippen molar-refractivity contribution in [3.05, 3.63) is 12.5 Å². The van der Waals surface area contributed by atoms with Crippen LogP contribution in [0.1, 0.15) is 6.92 Å². The van der Waals surface area contributed by atoms with Crippen LogP contribution < -0.4 is 0 Å². The smallest absolute Gasteiger partial charge is 0.307 e. The monoisotopic (exact) mass is 102 g/mol. The van der Waals surface area contributed by atoms with E-state index in [2.05, 4.69) is 4.74 Å². The fourth-order valence-electron chi connectivity index (χ4n) is 0.126. The van der Waals surface area contributed by atoms with Crippen molar-refractivity contribution in [2.75, 3.05) is 0 Å². The normalized spacial score (nSPS) is 9.29. The summed E-state index contributed by atoms with van der Waals surface area (Å²) in [6.07, 6.45) is 1.56. The average Bonchev–Trinajstić information content (AvgIpc) is 1.61. The molecule has 0 aliphatic carbocycles. The molecule has 3 heteroatoms. The van der Waals surface area contributed by atoms with Gasteiger partial charge in [-0.25, -0.2) is 0 Å². The van der Waals surface area contributed by atoms with Crippen LogP contribution in [-0.2, 0) is 9.53 Å². The first-order chi connectivity index (χ1) is 3.27. The topological polar surface area (TPSA) is 46.5 Å². The maximum absolute atomic E-state index is 9.82. The van der Waals surface area contributed by atoms with Crippen molar-refractivity contribution >= 4 is 5.97 Å². The molecule has 0 unspecified atom stereocenters. The molecule has 0 aliphatic rings. The molecule has 0 amide bonds. The second kappa shape index (κ2) is 3.21. The summed E-state index contributed by atoms with van der Waals surface area (Å²) in [6, 6.07) is 0. The van der Waals surface area contributed by atoms with Crippen LogP contribution in [0, 0.1) is 0 Å². The van der Waals surface area contributed by atoms with Crippen LogP contribution >= 0.6 is 0 Å². The van der Waals surface area contributed by atoms with E-state index in [-0.39, 0.29) is 0 Å². The minimum Gasteiger partial charge on any atom is -0.512 e. The Balaban J connectivity index is 3.14. The van der Waals surface area contributed by atoms with Gasteiger partial charge >= 0.3 is 5.97 Å². The Bertz CT molecular complexity index is 84.9. The van der Waals surface area contributed by atoms with E-state index in [0.29, 0.717) is 6.26 Å². The van der Waals surface area contributed by atoms with Gasteiger partial charge < -0.3 is 9.84 Å². The summed E-state index contributed by atoms with van der Waals surface area (Å²) in [5.74, 6) is -0.440. The second-order valence-corrected chi connectivity index (χ2v) is 0.895. The zero-order chi connectivity index (χ0) is 5.70. The molecule has 0 rings (SSSR count). The molecular weight excluding hydrogens is 96.0 g/mol. The minimum atomic E-state index is -0.440. The molecule has 0 fully saturated rings. The van der Waals surface area contributed by atoms with Crippen molar-refractivity contribution in [2.24, 2.45) is 0 Å². The van der Waals surface area contributed by atoms with Gasteiger partial charge in [0, 0.05) is 6.92 Å². The van der Waals surface area contributed by atoms with Gasteiger partial charge in [-0.1, -0.05) is 0 Å². The van der Waals surface area contributed by atoms with Gasteiger partial charge in [-0.05, 0) is 0 Å². The van der Waals surface area contributed by atoms with Gasteiger partial charge in [0.2, 0.25) is 0 Å².